The highest BCUT2D eigenvalue weighted by Gasteiger charge is 2.18. The van der Waals surface area contributed by atoms with Crippen LogP contribution in [0.2, 0.25) is 0 Å². The molecule has 2 aromatic rings. The van der Waals surface area contributed by atoms with Crippen LogP contribution in [0.3, 0.4) is 0 Å². The van der Waals surface area contributed by atoms with Crippen LogP contribution in [0.25, 0.3) is 6.08 Å². The first-order valence-electron chi connectivity index (χ1n) is 8.41. The van der Waals surface area contributed by atoms with Crippen LogP contribution in [0.4, 0.5) is 0 Å². The van der Waals surface area contributed by atoms with Gasteiger partial charge < -0.3 is 0 Å². The summed E-state index contributed by atoms with van der Waals surface area (Å²) in [6, 6.07) is 18.5. The highest BCUT2D eigenvalue weighted by atomic mass is 32.2. The van der Waals surface area contributed by atoms with E-state index in [1.165, 1.54) is 0 Å². The Bertz CT molecular complexity index is 725. The van der Waals surface area contributed by atoms with Gasteiger partial charge in [-0.25, -0.2) is 13.1 Å². The maximum atomic E-state index is 12.5. The molecule has 2 aromatic carbocycles. The molecule has 1 unspecified atom stereocenters. The summed E-state index contributed by atoms with van der Waals surface area (Å²) in [5.41, 5.74) is 1.12. The van der Waals surface area contributed by atoms with Crippen molar-refractivity contribution in [2.75, 3.05) is 0 Å². The largest absolute Gasteiger partial charge is 0.240 e. The molecule has 0 aliphatic rings. The molecule has 0 saturated heterocycles. The van der Waals surface area contributed by atoms with E-state index in [1.807, 2.05) is 48.6 Å². The molecule has 0 saturated carbocycles. The van der Waals surface area contributed by atoms with Crippen molar-refractivity contribution in [2.24, 2.45) is 0 Å². The summed E-state index contributed by atoms with van der Waals surface area (Å²) in [5, 5.41) is 0. The van der Waals surface area contributed by atoms with Crippen LogP contribution in [-0.4, -0.2) is 14.5 Å². The molecule has 0 radical (unpaired) electrons. The zero-order chi connectivity index (χ0) is 17.3. The molecule has 2 rings (SSSR count). The predicted molar refractivity (Wildman–Crippen MR) is 100 cm³/mol. The van der Waals surface area contributed by atoms with E-state index in [2.05, 4.69) is 11.6 Å². The lowest BCUT2D eigenvalue weighted by atomic mass is 10.1. The minimum Gasteiger partial charge on any atom is -0.208 e. The molecule has 0 amide bonds. The Hall–Kier alpha value is -1.91. The van der Waals surface area contributed by atoms with Gasteiger partial charge in [-0.05, 0) is 30.5 Å². The fraction of sp³-hybridized carbons (Fsp3) is 0.300. The molecule has 0 aliphatic heterocycles. The van der Waals surface area contributed by atoms with Crippen LogP contribution in [0.5, 0.6) is 0 Å². The van der Waals surface area contributed by atoms with E-state index in [1.54, 1.807) is 24.3 Å². The number of sulfonamides is 1. The molecule has 0 bridgehead atoms. The maximum Gasteiger partial charge on any atom is 0.240 e. The van der Waals surface area contributed by atoms with Crippen molar-refractivity contribution in [1.82, 2.24) is 4.72 Å². The first kappa shape index (κ1) is 18.4. The molecular weight excluding hydrogens is 318 g/mol. The molecule has 0 aliphatic carbocycles. The molecular formula is C20H25NO2S. The summed E-state index contributed by atoms with van der Waals surface area (Å²) < 4.78 is 27.9. The van der Waals surface area contributed by atoms with Crippen molar-refractivity contribution in [3.8, 4) is 0 Å². The van der Waals surface area contributed by atoms with E-state index in [0.29, 0.717) is 11.3 Å². The maximum absolute atomic E-state index is 12.5. The summed E-state index contributed by atoms with van der Waals surface area (Å²) in [5.74, 6) is 0. The Morgan fingerprint density at radius 3 is 2.25 bits per heavy atom. The van der Waals surface area contributed by atoms with E-state index in [4.69, 9.17) is 0 Å². The normalized spacial score (nSPS) is 13.2. The second kappa shape index (κ2) is 9.40. The molecule has 1 N–H and O–H groups in total. The Morgan fingerprint density at radius 2 is 1.62 bits per heavy atom. The molecule has 4 heteroatoms. The number of benzene rings is 2. The van der Waals surface area contributed by atoms with Gasteiger partial charge >= 0.3 is 0 Å². The van der Waals surface area contributed by atoms with E-state index in [-0.39, 0.29) is 6.04 Å². The first-order chi connectivity index (χ1) is 11.6. The summed E-state index contributed by atoms with van der Waals surface area (Å²) in [7, 11) is -3.47. The van der Waals surface area contributed by atoms with Crippen LogP contribution in [0.1, 0.15) is 38.2 Å². The first-order valence-corrected chi connectivity index (χ1v) is 9.89. The average Bonchev–Trinajstić information content (AvgIpc) is 2.61. The third-order valence-corrected chi connectivity index (χ3v) is 5.35. The number of hydrogen-bond acceptors (Lipinski definition) is 2. The fourth-order valence-corrected chi connectivity index (χ4v) is 3.80. The number of rotatable bonds is 9. The molecule has 128 valence electrons. The molecule has 3 nitrogen and oxygen atoms in total. The topological polar surface area (TPSA) is 46.2 Å². The zero-order valence-electron chi connectivity index (χ0n) is 14.1. The second-order valence-corrected chi connectivity index (χ2v) is 7.54. The van der Waals surface area contributed by atoms with Gasteiger partial charge in [0.1, 0.15) is 0 Å². The number of unbranched alkanes of at least 4 members (excludes halogenated alkanes) is 1. The van der Waals surface area contributed by atoms with Crippen molar-refractivity contribution >= 4 is 16.1 Å². The smallest absolute Gasteiger partial charge is 0.208 e. The van der Waals surface area contributed by atoms with Crippen molar-refractivity contribution < 1.29 is 8.42 Å². The van der Waals surface area contributed by atoms with Gasteiger partial charge in [-0.3, -0.25) is 0 Å². The standard InChI is InChI=1S/C20H25NO2S/c1-2-3-14-19(15-10-13-18-11-6-4-7-12-18)21-24(22,23)20-16-8-5-9-17-20/h4-13,16-17,19,21H,2-3,14-15H2,1H3/b13-10+. The predicted octanol–water partition coefficient (Wildman–Crippen LogP) is 4.63. The van der Waals surface area contributed by atoms with Gasteiger partial charge in [-0.2, -0.15) is 0 Å². The van der Waals surface area contributed by atoms with Gasteiger partial charge in [0.25, 0.3) is 0 Å². The summed E-state index contributed by atoms with van der Waals surface area (Å²) in [6.07, 6.45) is 7.65. The summed E-state index contributed by atoms with van der Waals surface area (Å²) in [4.78, 5) is 0.318. The number of hydrogen-bond donors (Lipinski definition) is 1. The van der Waals surface area contributed by atoms with Crippen molar-refractivity contribution in [1.29, 1.82) is 0 Å². The van der Waals surface area contributed by atoms with Gasteiger partial charge in [0, 0.05) is 6.04 Å². The highest BCUT2D eigenvalue weighted by Crippen LogP contribution is 2.13. The average molecular weight is 343 g/mol. The van der Waals surface area contributed by atoms with Crippen LogP contribution in [0.15, 0.2) is 71.6 Å². The van der Waals surface area contributed by atoms with Crippen LogP contribution in [0, 0.1) is 0 Å². The van der Waals surface area contributed by atoms with Gasteiger partial charge in [0.2, 0.25) is 10.0 Å². The Kier molecular flexibility index (Phi) is 7.22. The Labute approximate surface area is 145 Å². The van der Waals surface area contributed by atoms with Crippen LogP contribution < -0.4 is 4.72 Å². The third-order valence-electron chi connectivity index (χ3n) is 3.81. The molecule has 0 spiro atoms. The van der Waals surface area contributed by atoms with Gasteiger partial charge in [-0.15, -0.1) is 0 Å². The fourth-order valence-electron chi connectivity index (χ4n) is 2.50. The van der Waals surface area contributed by atoms with Crippen LogP contribution in [-0.2, 0) is 10.0 Å². The summed E-state index contributed by atoms with van der Waals surface area (Å²) in [6.45, 7) is 2.11. The van der Waals surface area contributed by atoms with Crippen molar-refractivity contribution in [3.05, 3.63) is 72.3 Å². The summed E-state index contributed by atoms with van der Waals surface area (Å²) >= 11 is 0. The SMILES string of the molecule is CCCCC(C/C=C/c1ccccc1)NS(=O)(=O)c1ccccc1. The lowest BCUT2D eigenvalue weighted by Gasteiger charge is -2.17. The molecule has 0 aromatic heterocycles. The molecule has 0 fully saturated rings. The Morgan fingerprint density at radius 1 is 1.00 bits per heavy atom. The highest BCUT2D eigenvalue weighted by molar-refractivity contribution is 7.89. The third kappa shape index (κ3) is 5.95. The minimum atomic E-state index is -3.47. The monoisotopic (exact) mass is 343 g/mol. The quantitative estimate of drug-likeness (QED) is 0.722. The minimum absolute atomic E-state index is 0.0879. The number of nitrogens with one attached hydrogen (secondary N) is 1. The van der Waals surface area contributed by atoms with Gasteiger partial charge in [0.05, 0.1) is 4.90 Å². The van der Waals surface area contributed by atoms with Gasteiger partial charge in [-0.1, -0.05) is 80.4 Å². The van der Waals surface area contributed by atoms with E-state index in [0.717, 1.165) is 24.8 Å². The lowest BCUT2D eigenvalue weighted by molar-refractivity contribution is 0.514. The van der Waals surface area contributed by atoms with E-state index in [9.17, 15) is 8.42 Å². The molecule has 0 heterocycles. The Balaban J connectivity index is 2.04. The molecule has 24 heavy (non-hydrogen) atoms. The zero-order valence-corrected chi connectivity index (χ0v) is 14.9. The van der Waals surface area contributed by atoms with E-state index < -0.39 is 10.0 Å². The second-order valence-electron chi connectivity index (χ2n) is 5.82. The lowest BCUT2D eigenvalue weighted by Crippen LogP contribution is -2.34. The van der Waals surface area contributed by atoms with Gasteiger partial charge in [0.15, 0.2) is 0 Å². The van der Waals surface area contributed by atoms with Crippen molar-refractivity contribution in [3.63, 3.8) is 0 Å². The van der Waals surface area contributed by atoms with Crippen LogP contribution >= 0.6 is 0 Å². The van der Waals surface area contributed by atoms with E-state index >= 15 is 0 Å². The molecule has 1 atom stereocenters. The van der Waals surface area contributed by atoms with Crippen molar-refractivity contribution in [2.45, 2.75) is 43.5 Å².